The molecule has 0 amide bonds. The zero-order valence-corrected chi connectivity index (χ0v) is 20.1. The third kappa shape index (κ3) is 3.62. The SMILES string of the molecule is COc1ccc(-c2n[nH]c3nc4nc(-c5ccc(C)cc5)cc(-c5ccc(C)cc5)c4c(=O)n23)cc1. The molecule has 1 N–H and O–H groups in total. The van der Waals surface area contributed by atoms with Crippen LogP contribution in [0.5, 0.6) is 5.75 Å². The summed E-state index contributed by atoms with van der Waals surface area (Å²) in [4.78, 5) is 23.6. The van der Waals surface area contributed by atoms with Crippen LogP contribution in [0.4, 0.5) is 0 Å². The van der Waals surface area contributed by atoms with E-state index in [1.54, 1.807) is 7.11 Å². The Kier molecular flexibility index (Phi) is 5.11. The first kappa shape index (κ1) is 21.7. The second kappa shape index (κ2) is 8.46. The maximum absolute atomic E-state index is 14.0. The molecule has 0 saturated heterocycles. The summed E-state index contributed by atoms with van der Waals surface area (Å²) in [5, 5.41) is 7.78. The zero-order chi connectivity index (χ0) is 24.8. The predicted octanol–water partition coefficient (Wildman–Crippen LogP) is 5.59. The Balaban J connectivity index is 1.66. The molecule has 7 nitrogen and oxygen atoms in total. The van der Waals surface area contributed by atoms with Crippen LogP contribution < -0.4 is 10.3 Å². The van der Waals surface area contributed by atoms with Gasteiger partial charge in [-0.15, -0.1) is 0 Å². The van der Waals surface area contributed by atoms with Gasteiger partial charge in [-0.25, -0.2) is 14.5 Å². The smallest absolute Gasteiger partial charge is 0.270 e. The van der Waals surface area contributed by atoms with Gasteiger partial charge in [-0.1, -0.05) is 59.7 Å². The van der Waals surface area contributed by atoms with E-state index in [4.69, 9.17) is 14.7 Å². The standard InChI is InChI=1S/C29H23N5O2/c1-17-4-8-19(9-5-17)23-16-24(20-10-6-18(2)7-11-20)30-26-25(23)28(35)34-27(32-33-29(34)31-26)21-12-14-22(36-3)15-13-21/h4-16H,1-3H3,(H,30,31,33). The number of hydrogen-bond donors (Lipinski definition) is 1. The summed E-state index contributed by atoms with van der Waals surface area (Å²) in [7, 11) is 1.62. The fourth-order valence-corrected chi connectivity index (χ4v) is 4.37. The molecule has 0 aliphatic carbocycles. The molecule has 0 saturated carbocycles. The van der Waals surface area contributed by atoms with E-state index >= 15 is 0 Å². The van der Waals surface area contributed by atoms with Crippen molar-refractivity contribution in [1.82, 2.24) is 24.6 Å². The van der Waals surface area contributed by atoms with Crippen LogP contribution >= 0.6 is 0 Å². The van der Waals surface area contributed by atoms with E-state index in [0.717, 1.165) is 39.3 Å². The van der Waals surface area contributed by atoms with Gasteiger partial charge in [0.05, 0.1) is 18.2 Å². The summed E-state index contributed by atoms with van der Waals surface area (Å²) in [6.45, 7) is 4.09. The molecule has 0 unspecified atom stereocenters. The first-order valence-electron chi connectivity index (χ1n) is 11.6. The molecule has 0 aliphatic heterocycles. The molecule has 0 bridgehead atoms. The highest BCUT2D eigenvalue weighted by atomic mass is 16.5. The van der Waals surface area contributed by atoms with Crippen LogP contribution in [-0.2, 0) is 0 Å². The Hall–Kier alpha value is -4.78. The van der Waals surface area contributed by atoms with E-state index in [0.29, 0.717) is 22.6 Å². The van der Waals surface area contributed by atoms with Gasteiger partial charge >= 0.3 is 0 Å². The van der Waals surface area contributed by atoms with Crippen molar-refractivity contribution in [2.24, 2.45) is 0 Å². The Morgan fingerprint density at radius 1 is 0.778 bits per heavy atom. The van der Waals surface area contributed by atoms with Crippen molar-refractivity contribution < 1.29 is 4.74 Å². The van der Waals surface area contributed by atoms with Gasteiger partial charge in [0.1, 0.15) is 5.75 Å². The fourth-order valence-electron chi connectivity index (χ4n) is 4.37. The molecule has 0 aliphatic rings. The van der Waals surface area contributed by atoms with E-state index < -0.39 is 0 Å². The molecular formula is C29H23N5O2. The van der Waals surface area contributed by atoms with E-state index in [1.807, 2.05) is 92.7 Å². The monoisotopic (exact) mass is 473 g/mol. The van der Waals surface area contributed by atoms with Gasteiger partial charge in [-0.05, 0) is 49.7 Å². The van der Waals surface area contributed by atoms with Gasteiger partial charge in [-0.2, -0.15) is 10.1 Å². The first-order chi connectivity index (χ1) is 17.5. The van der Waals surface area contributed by atoms with Gasteiger partial charge in [0, 0.05) is 16.7 Å². The lowest BCUT2D eigenvalue weighted by Crippen LogP contribution is -2.17. The fraction of sp³-hybridized carbons (Fsp3) is 0.103. The topological polar surface area (TPSA) is 85.2 Å². The number of ether oxygens (including phenoxy) is 1. The molecule has 3 aromatic carbocycles. The Morgan fingerprint density at radius 2 is 1.39 bits per heavy atom. The van der Waals surface area contributed by atoms with Crippen molar-refractivity contribution in [3.63, 3.8) is 0 Å². The van der Waals surface area contributed by atoms with E-state index in [-0.39, 0.29) is 5.56 Å². The molecule has 0 atom stereocenters. The average Bonchev–Trinajstić information content (AvgIpc) is 3.33. The minimum atomic E-state index is -0.229. The summed E-state index contributed by atoms with van der Waals surface area (Å²) in [5.74, 6) is 1.54. The molecule has 36 heavy (non-hydrogen) atoms. The highest BCUT2D eigenvalue weighted by molar-refractivity contribution is 5.95. The van der Waals surface area contributed by atoms with E-state index in [1.165, 1.54) is 9.96 Å². The summed E-state index contributed by atoms with van der Waals surface area (Å²) in [6, 6.07) is 25.7. The lowest BCUT2D eigenvalue weighted by Gasteiger charge is -2.11. The lowest BCUT2D eigenvalue weighted by atomic mass is 9.99. The van der Waals surface area contributed by atoms with Gasteiger partial charge in [0.2, 0.25) is 5.78 Å². The Labute approximate surface area is 207 Å². The minimum absolute atomic E-state index is 0.229. The van der Waals surface area contributed by atoms with Crippen molar-refractivity contribution in [3.8, 4) is 39.5 Å². The van der Waals surface area contributed by atoms with Crippen molar-refractivity contribution in [2.75, 3.05) is 7.11 Å². The highest BCUT2D eigenvalue weighted by Crippen LogP contribution is 2.31. The second-order valence-electron chi connectivity index (χ2n) is 8.84. The third-order valence-corrected chi connectivity index (χ3v) is 6.37. The van der Waals surface area contributed by atoms with Crippen molar-refractivity contribution in [3.05, 3.63) is 100 Å². The van der Waals surface area contributed by atoms with Crippen molar-refractivity contribution in [1.29, 1.82) is 0 Å². The molecule has 0 spiro atoms. The molecule has 6 rings (SSSR count). The Bertz CT molecular complexity index is 1780. The first-order valence-corrected chi connectivity index (χ1v) is 11.6. The molecule has 0 fully saturated rings. The molecule has 3 heterocycles. The summed E-state index contributed by atoms with van der Waals surface area (Å²) in [5.41, 5.74) is 6.65. The average molecular weight is 474 g/mol. The summed E-state index contributed by atoms with van der Waals surface area (Å²) >= 11 is 0. The van der Waals surface area contributed by atoms with Crippen molar-refractivity contribution >= 4 is 16.8 Å². The van der Waals surface area contributed by atoms with Gasteiger partial charge in [-0.3, -0.25) is 4.79 Å². The van der Waals surface area contributed by atoms with Crippen LogP contribution in [0, 0.1) is 13.8 Å². The third-order valence-electron chi connectivity index (χ3n) is 6.37. The molecule has 3 aromatic heterocycles. The van der Waals surface area contributed by atoms with Crippen LogP contribution in [0.1, 0.15) is 11.1 Å². The lowest BCUT2D eigenvalue weighted by molar-refractivity contribution is 0.415. The zero-order valence-electron chi connectivity index (χ0n) is 20.1. The molecule has 0 radical (unpaired) electrons. The maximum atomic E-state index is 14.0. The number of aromatic nitrogens is 5. The number of rotatable bonds is 4. The quantitative estimate of drug-likeness (QED) is 0.361. The van der Waals surface area contributed by atoms with Crippen LogP contribution in [0.25, 0.3) is 50.6 Å². The van der Waals surface area contributed by atoms with Gasteiger partial charge < -0.3 is 4.74 Å². The maximum Gasteiger partial charge on any atom is 0.270 e. The molecular weight excluding hydrogens is 450 g/mol. The highest BCUT2D eigenvalue weighted by Gasteiger charge is 2.19. The van der Waals surface area contributed by atoms with Crippen LogP contribution in [0.15, 0.2) is 83.7 Å². The molecule has 7 heteroatoms. The number of benzene rings is 3. The van der Waals surface area contributed by atoms with Gasteiger partial charge in [0.25, 0.3) is 5.56 Å². The van der Waals surface area contributed by atoms with Crippen molar-refractivity contribution in [2.45, 2.75) is 13.8 Å². The number of nitrogens with one attached hydrogen (secondary N) is 1. The number of fused-ring (bicyclic) bond motifs is 2. The number of methoxy groups -OCH3 is 1. The Morgan fingerprint density at radius 3 is 2.03 bits per heavy atom. The molecule has 176 valence electrons. The number of nitrogens with zero attached hydrogens (tertiary/aromatic N) is 4. The normalized spacial score (nSPS) is 11.3. The number of aryl methyl sites for hydroxylation is 2. The number of hydrogen-bond acceptors (Lipinski definition) is 5. The molecule has 6 aromatic rings. The van der Waals surface area contributed by atoms with Gasteiger partial charge in [0.15, 0.2) is 11.5 Å². The number of pyridine rings is 1. The second-order valence-corrected chi connectivity index (χ2v) is 8.84. The van der Waals surface area contributed by atoms with E-state index in [2.05, 4.69) is 10.2 Å². The summed E-state index contributed by atoms with van der Waals surface area (Å²) in [6.07, 6.45) is 0. The van der Waals surface area contributed by atoms with Crippen LogP contribution in [0.2, 0.25) is 0 Å². The largest absolute Gasteiger partial charge is 0.497 e. The number of aromatic amines is 1. The summed E-state index contributed by atoms with van der Waals surface area (Å²) < 4.78 is 6.77. The predicted molar refractivity (Wildman–Crippen MR) is 141 cm³/mol. The number of H-pyrrole nitrogens is 1. The minimum Gasteiger partial charge on any atom is -0.497 e. The van der Waals surface area contributed by atoms with Crippen LogP contribution in [0.3, 0.4) is 0 Å². The van der Waals surface area contributed by atoms with E-state index in [9.17, 15) is 4.79 Å². The van der Waals surface area contributed by atoms with Crippen LogP contribution in [-0.4, -0.2) is 31.7 Å².